The minimum Gasteiger partial charge on any atom is -0.165 e. The molecule has 0 saturated carbocycles. The van der Waals surface area contributed by atoms with E-state index in [0.717, 1.165) is 0 Å². The van der Waals surface area contributed by atoms with Gasteiger partial charge in [0.15, 0.2) is 0 Å². The van der Waals surface area contributed by atoms with Crippen LogP contribution in [0.25, 0.3) is 0 Å². The summed E-state index contributed by atoms with van der Waals surface area (Å²) in [6, 6.07) is 0. The number of hydrogen-bond acceptors (Lipinski definition) is 4. The molecule has 0 aliphatic rings. The lowest BCUT2D eigenvalue weighted by molar-refractivity contribution is 1.67. The summed E-state index contributed by atoms with van der Waals surface area (Å²) < 4.78 is 0. The molecule has 0 saturated heterocycles. The molecule has 0 aromatic carbocycles. The summed E-state index contributed by atoms with van der Waals surface area (Å²) in [6.45, 7) is -1.98. The second-order valence-corrected chi connectivity index (χ2v) is 5.83. The van der Waals surface area contributed by atoms with Crippen LogP contribution in [0.2, 0.25) is 0 Å². The van der Waals surface area contributed by atoms with Crippen molar-refractivity contribution in [2.24, 2.45) is 16.5 Å². The van der Waals surface area contributed by atoms with E-state index >= 15 is 0 Å². The van der Waals surface area contributed by atoms with E-state index < -0.39 is 6.92 Å². The molecular formula is CH9N3PS+. The van der Waals surface area contributed by atoms with Gasteiger partial charge in [-0.05, 0) is 0 Å². The summed E-state index contributed by atoms with van der Waals surface area (Å²) >= 11 is 1.33. The van der Waals surface area contributed by atoms with Crippen LogP contribution in [0.1, 0.15) is 0 Å². The first-order valence-electron chi connectivity index (χ1n) is 1.37. The second-order valence-electron chi connectivity index (χ2n) is 0.946. The molecule has 0 amide bonds. The van der Waals surface area contributed by atoms with Crippen LogP contribution in [0.3, 0.4) is 0 Å². The minimum atomic E-state index is -1.98. The molecule has 6 heavy (non-hydrogen) atoms. The van der Waals surface area contributed by atoms with E-state index in [1.807, 2.05) is 0 Å². The van der Waals surface area contributed by atoms with Crippen LogP contribution >= 0.6 is 18.3 Å². The Morgan fingerprint density at radius 2 is 1.50 bits per heavy atom. The molecule has 0 spiro atoms. The van der Waals surface area contributed by atoms with Crippen molar-refractivity contribution in [3.8, 4) is 0 Å². The van der Waals surface area contributed by atoms with E-state index in [1.54, 1.807) is 6.26 Å². The summed E-state index contributed by atoms with van der Waals surface area (Å²) in [6.07, 6.45) is 1.80. The number of rotatable bonds is 1. The van der Waals surface area contributed by atoms with Crippen LogP contribution in [0.4, 0.5) is 0 Å². The Bertz CT molecular complexity index is 40.5. The smallest absolute Gasteiger partial charge is 0.165 e. The van der Waals surface area contributed by atoms with Crippen LogP contribution in [-0.2, 0) is 0 Å². The molecule has 38 valence electrons. The summed E-state index contributed by atoms with van der Waals surface area (Å²) in [4.78, 5) is 0. The molecule has 0 aromatic rings. The predicted octanol–water partition coefficient (Wildman–Crippen LogP) is -0.0969. The molecule has 5 heteroatoms. The van der Waals surface area contributed by atoms with E-state index in [1.165, 1.54) is 11.4 Å². The summed E-state index contributed by atoms with van der Waals surface area (Å²) in [5.74, 6) is 0. The second kappa shape index (κ2) is 2.09. The van der Waals surface area contributed by atoms with Gasteiger partial charge < -0.3 is 0 Å². The topological polar surface area (TPSA) is 78.1 Å². The number of hydrogen-bond donors (Lipinski definition) is 3. The fourth-order valence-electron chi connectivity index (χ4n) is 0. The zero-order valence-corrected chi connectivity index (χ0v) is 5.30. The summed E-state index contributed by atoms with van der Waals surface area (Å²) in [7, 11) is 0. The van der Waals surface area contributed by atoms with Crippen molar-refractivity contribution >= 4 is 18.3 Å². The molecule has 0 aliphatic heterocycles. The van der Waals surface area contributed by atoms with E-state index in [0.29, 0.717) is 0 Å². The van der Waals surface area contributed by atoms with Crippen molar-refractivity contribution in [3.05, 3.63) is 0 Å². The Kier molecular flexibility index (Phi) is 2.33. The zero-order chi connectivity index (χ0) is 5.21. The maximum Gasteiger partial charge on any atom is 0.275 e. The predicted molar refractivity (Wildman–Crippen MR) is 33.0 cm³/mol. The molecule has 0 radical (unpaired) electrons. The van der Waals surface area contributed by atoms with Gasteiger partial charge in [-0.25, -0.2) is 0 Å². The van der Waals surface area contributed by atoms with Gasteiger partial charge >= 0.3 is 0 Å². The maximum atomic E-state index is 5.16. The average Bonchev–Trinajstić information content (AvgIpc) is 1.35. The Balaban J connectivity index is 3.17. The molecule has 0 fully saturated rings. The average molecular weight is 126 g/mol. The van der Waals surface area contributed by atoms with Crippen LogP contribution in [0.15, 0.2) is 0 Å². The molecule has 3 nitrogen and oxygen atoms in total. The quantitative estimate of drug-likeness (QED) is 0.429. The Morgan fingerprint density at radius 3 is 1.50 bits per heavy atom. The molecule has 0 rings (SSSR count). The van der Waals surface area contributed by atoms with Crippen molar-refractivity contribution in [3.63, 3.8) is 0 Å². The van der Waals surface area contributed by atoms with Crippen molar-refractivity contribution in [2.75, 3.05) is 6.26 Å². The molecule has 0 aromatic heterocycles. The van der Waals surface area contributed by atoms with E-state index in [9.17, 15) is 0 Å². The molecule has 0 unspecified atom stereocenters. The van der Waals surface area contributed by atoms with E-state index in [4.69, 9.17) is 16.5 Å². The SMILES string of the molecule is CS[P+](N)(N)N. The first-order chi connectivity index (χ1) is 2.56. The normalized spacial score (nSPS) is 12.0. The van der Waals surface area contributed by atoms with Crippen LogP contribution in [0, 0.1) is 0 Å². The van der Waals surface area contributed by atoms with E-state index in [-0.39, 0.29) is 0 Å². The molecule has 0 aliphatic carbocycles. The maximum absolute atomic E-state index is 5.16. The summed E-state index contributed by atoms with van der Waals surface area (Å²) in [5, 5.41) is 0. The monoisotopic (exact) mass is 126 g/mol. The van der Waals surface area contributed by atoms with Gasteiger partial charge in [-0.1, -0.05) is 0 Å². The molecular weight excluding hydrogens is 117 g/mol. The summed E-state index contributed by atoms with van der Waals surface area (Å²) in [5.41, 5.74) is 15.5. The van der Waals surface area contributed by atoms with Gasteiger partial charge in [-0.3, -0.25) is 0 Å². The molecule has 6 N–H and O–H groups in total. The van der Waals surface area contributed by atoms with Gasteiger partial charge in [0.05, 0.1) is 11.4 Å². The zero-order valence-electron chi connectivity index (χ0n) is 3.59. The third kappa shape index (κ3) is 4.66. The van der Waals surface area contributed by atoms with Gasteiger partial charge in [0.2, 0.25) is 0 Å². The van der Waals surface area contributed by atoms with Gasteiger partial charge in [0.1, 0.15) is 0 Å². The highest BCUT2D eigenvalue weighted by Gasteiger charge is 2.17. The molecule has 0 bridgehead atoms. The molecule has 0 heterocycles. The third-order valence-electron chi connectivity index (χ3n) is 0.316. The highest BCUT2D eigenvalue weighted by Crippen LogP contribution is 2.44. The lowest BCUT2D eigenvalue weighted by Crippen LogP contribution is -2.17. The standard InChI is InChI=1S/CH9N3PS/c1-6-5(2,3)4/h2-4H2,1H3/q+1. The largest absolute Gasteiger partial charge is 0.275 e. The van der Waals surface area contributed by atoms with Crippen LogP contribution in [0.5, 0.6) is 0 Å². The third-order valence-corrected chi connectivity index (χ3v) is 2.85. The lowest BCUT2D eigenvalue weighted by atomic mass is 12.0. The van der Waals surface area contributed by atoms with Crippen LogP contribution < -0.4 is 16.5 Å². The Morgan fingerprint density at radius 1 is 1.33 bits per heavy atom. The van der Waals surface area contributed by atoms with Crippen molar-refractivity contribution < 1.29 is 0 Å². The van der Waals surface area contributed by atoms with Crippen LogP contribution in [-0.4, -0.2) is 6.26 Å². The van der Waals surface area contributed by atoms with Gasteiger partial charge in [0.25, 0.3) is 6.92 Å². The van der Waals surface area contributed by atoms with Crippen molar-refractivity contribution in [2.45, 2.75) is 0 Å². The Labute approximate surface area is 41.9 Å². The Hall–Kier alpha value is 0.660. The van der Waals surface area contributed by atoms with E-state index in [2.05, 4.69) is 0 Å². The van der Waals surface area contributed by atoms with Gasteiger partial charge in [0, 0.05) is 6.26 Å². The fraction of sp³-hybridized carbons (Fsp3) is 1.00. The highest BCUT2D eigenvalue weighted by atomic mass is 32.7. The van der Waals surface area contributed by atoms with Crippen molar-refractivity contribution in [1.29, 1.82) is 0 Å². The van der Waals surface area contributed by atoms with Gasteiger partial charge in [-0.15, -0.1) is 0 Å². The number of nitrogens with two attached hydrogens (primary N) is 3. The van der Waals surface area contributed by atoms with Crippen molar-refractivity contribution in [1.82, 2.24) is 0 Å². The molecule has 0 atom stereocenters. The first-order valence-corrected chi connectivity index (χ1v) is 5.19. The first kappa shape index (κ1) is 6.66. The highest BCUT2D eigenvalue weighted by molar-refractivity contribution is 8.60. The minimum absolute atomic E-state index is 1.33. The fourth-order valence-corrected chi connectivity index (χ4v) is 0. The lowest BCUT2D eigenvalue weighted by Gasteiger charge is -2.00. The van der Waals surface area contributed by atoms with Gasteiger partial charge in [-0.2, -0.15) is 16.5 Å².